The lowest BCUT2D eigenvalue weighted by molar-refractivity contribution is -0.123. The lowest BCUT2D eigenvalue weighted by Crippen LogP contribution is -2.31. The number of amides is 1. The second-order valence-electron chi connectivity index (χ2n) is 4.02. The normalized spacial score (nSPS) is 11.5. The smallest absolute Gasteiger partial charge is 0.237 e. The van der Waals surface area contributed by atoms with E-state index < -0.39 is 5.92 Å². The molecule has 1 N–H and O–H groups in total. The number of carbonyl (C=O) groups is 1. The summed E-state index contributed by atoms with van der Waals surface area (Å²) < 4.78 is 0. The minimum atomic E-state index is -0.589. The van der Waals surface area contributed by atoms with Crippen LogP contribution in [-0.4, -0.2) is 12.5 Å². The molecule has 0 saturated carbocycles. The van der Waals surface area contributed by atoms with E-state index >= 15 is 0 Å². The fourth-order valence-corrected chi connectivity index (χ4v) is 1.56. The summed E-state index contributed by atoms with van der Waals surface area (Å²) in [6, 6.07) is 11.7. The van der Waals surface area contributed by atoms with Crippen LogP contribution >= 0.6 is 0 Å². The molecule has 17 heavy (non-hydrogen) atoms. The summed E-state index contributed by atoms with van der Waals surface area (Å²) in [4.78, 5) is 11.7. The third-order valence-electron chi connectivity index (χ3n) is 2.58. The summed E-state index contributed by atoms with van der Waals surface area (Å²) in [6.07, 6.45) is 2.47. The van der Waals surface area contributed by atoms with Crippen molar-refractivity contribution in [3.05, 3.63) is 35.9 Å². The number of nitriles is 1. The van der Waals surface area contributed by atoms with Crippen LogP contribution in [0.25, 0.3) is 0 Å². The number of nitrogens with zero attached hydrogens (tertiary/aromatic N) is 1. The molecule has 0 aliphatic carbocycles. The third kappa shape index (κ3) is 4.69. The Morgan fingerprint density at radius 3 is 2.71 bits per heavy atom. The standard InChI is InChI=1S/C14H18N2O/c1-2-3-9-16-14(17)13(11-15)10-12-7-5-4-6-8-12/h4-8,13H,2-3,9-10H2,1H3,(H,16,17). The van der Waals surface area contributed by atoms with Crippen LogP contribution in [0.5, 0.6) is 0 Å². The molecule has 3 nitrogen and oxygen atoms in total. The van der Waals surface area contributed by atoms with Crippen LogP contribution in [-0.2, 0) is 11.2 Å². The third-order valence-corrected chi connectivity index (χ3v) is 2.58. The van der Waals surface area contributed by atoms with Crippen LogP contribution < -0.4 is 5.32 Å². The highest BCUT2D eigenvalue weighted by atomic mass is 16.1. The van der Waals surface area contributed by atoms with Gasteiger partial charge in [0.15, 0.2) is 0 Å². The van der Waals surface area contributed by atoms with Gasteiger partial charge in [0, 0.05) is 6.54 Å². The Balaban J connectivity index is 2.49. The molecule has 1 atom stereocenters. The Labute approximate surface area is 102 Å². The van der Waals surface area contributed by atoms with Crippen molar-refractivity contribution in [2.75, 3.05) is 6.54 Å². The van der Waals surface area contributed by atoms with Crippen LogP contribution in [0, 0.1) is 17.2 Å². The summed E-state index contributed by atoms with van der Waals surface area (Å²) in [5, 5.41) is 11.8. The second kappa shape index (κ2) is 7.45. The number of nitrogens with one attached hydrogen (secondary N) is 1. The van der Waals surface area contributed by atoms with Crippen molar-refractivity contribution in [2.24, 2.45) is 5.92 Å². The number of unbranched alkanes of at least 4 members (excludes halogenated alkanes) is 1. The van der Waals surface area contributed by atoms with E-state index in [1.165, 1.54) is 0 Å². The van der Waals surface area contributed by atoms with Gasteiger partial charge >= 0.3 is 0 Å². The van der Waals surface area contributed by atoms with Gasteiger partial charge in [-0.2, -0.15) is 5.26 Å². The molecular weight excluding hydrogens is 212 g/mol. The first-order valence-electron chi connectivity index (χ1n) is 5.99. The van der Waals surface area contributed by atoms with Gasteiger partial charge in [-0.3, -0.25) is 4.79 Å². The van der Waals surface area contributed by atoms with E-state index in [2.05, 4.69) is 18.3 Å². The Morgan fingerprint density at radius 2 is 2.12 bits per heavy atom. The molecule has 1 amide bonds. The average Bonchev–Trinajstić information content (AvgIpc) is 2.37. The quantitative estimate of drug-likeness (QED) is 0.762. The van der Waals surface area contributed by atoms with E-state index in [1.54, 1.807) is 0 Å². The Kier molecular flexibility index (Phi) is 5.81. The highest BCUT2D eigenvalue weighted by Crippen LogP contribution is 2.08. The molecule has 0 radical (unpaired) electrons. The molecule has 0 aliphatic rings. The molecule has 1 aromatic rings. The fourth-order valence-electron chi connectivity index (χ4n) is 1.56. The summed E-state index contributed by atoms with van der Waals surface area (Å²) in [6.45, 7) is 2.72. The average molecular weight is 230 g/mol. The highest BCUT2D eigenvalue weighted by molar-refractivity contribution is 5.81. The number of hydrogen-bond acceptors (Lipinski definition) is 2. The van der Waals surface area contributed by atoms with Gasteiger partial charge in [0.1, 0.15) is 5.92 Å². The van der Waals surface area contributed by atoms with Gasteiger partial charge in [-0.25, -0.2) is 0 Å². The van der Waals surface area contributed by atoms with E-state index in [1.807, 2.05) is 30.3 Å². The molecule has 0 aliphatic heterocycles. The largest absolute Gasteiger partial charge is 0.355 e. The van der Waals surface area contributed by atoms with Crippen LogP contribution in [0.2, 0.25) is 0 Å². The molecular formula is C14H18N2O. The zero-order valence-electron chi connectivity index (χ0n) is 10.1. The molecule has 1 unspecified atom stereocenters. The van der Waals surface area contributed by atoms with Crippen molar-refractivity contribution in [1.82, 2.24) is 5.32 Å². The lowest BCUT2D eigenvalue weighted by Gasteiger charge is -2.09. The van der Waals surface area contributed by atoms with Crippen molar-refractivity contribution in [1.29, 1.82) is 5.26 Å². The maximum Gasteiger partial charge on any atom is 0.237 e. The summed E-state index contributed by atoms with van der Waals surface area (Å²) >= 11 is 0. The molecule has 0 heterocycles. The van der Waals surface area contributed by atoms with E-state index in [0.29, 0.717) is 13.0 Å². The second-order valence-corrected chi connectivity index (χ2v) is 4.02. The van der Waals surface area contributed by atoms with Gasteiger partial charge in [0.2, 0.25) is 5.91 Å². The maximum absolute atomic E-state index is 11.7. The van der Waals surface area contributed by atoms with Crippen molar-refractivity contribution < 1.29 is 4.79 Å². The SMILES string of the molecule is CCCCNC(=O)C(C#N)Cc1ccccc1. The minimum Gasteiger partial charge on any atom is -0.355 e. The predicted molar refractivity (Wildman–Crippen MR) is 67.2 cm³/mol. The van der Waals surface area contributed by atoms with Gasteiger partial charge in [0.25, 0.3) is 0 Å². The van der Waals surface area contributed by atoms with E-state index in [9.17, 15) is 4.79 Å². The molecule has 90 valence electrons. The molecule has 0 fully saturated rings. The summed E-state index contributed by atoms with van der Waals surface area (Å²) in [5.74, 6) is -0.751. The zero-order valence-corrected chi connectivity index (χ0v) is 10.1. The first-order valence-corrected chi connectivity index (χ1v) is 5.99. The number of carbonyl (C=O) groups excluding carboxylic acids is 1. The molecule has 1 rings (SSSR count). The van der Waals surface area contributed by atoms with Crippen LogP contribution in [0.15, 0.2) is 30.3 Å². The van der Waals surface area contributed by atoms with Gasteiger partial charge in [-0.1, -0.05) is 43.7 Å². The van der Waals surface area contributed by atoms with Gasteiger partial charge in [-0.05, 0) is 18.4 Å². The van der Waals surface area contributed by atoms with Crippen molar-refractivity contribution in [2.45, 2.75) is 26.2 Å². The Morgan fingerprint density at radius 1 is 1.41 bits per heavy atom. The van der Waals surface area contributed by atoms with Crippen LogP contribution in [0.3, 0.4) is 0 Å². The first-order chi connectivity index (χ1) is 8.27. The summed E-state index contributed by atoms with van der Waals surface area (Å²) in [7, 11) is 0. The summed E-state index contributed by atoms with van der Waals surface area (Å²) in [5.41, 5.74) is 1.02. The molecule has 0 aromatic heterocycles. The van der Waals surface area contributed by atoms with Gasteiger partial charge in [0.05, 0.1) is 6.07 Å². The van der Waals surface area contributed by atoms with Gasteiger partial charge in [-0.15, -0.1) is 0 Å². The first kappa shape index (κ1) is 13.2. The molecule has 0 bridgehead atoms. The number of rotatable bonds is 6. The lowest BCUT2D eigenvalue weighted by atomic mass is 10.00. The number of benzene rings is 1. The van der Waals surface area contributed by atoms with Crippen molar-refractivity contribution in [3.63, 3.8) is 0 Å². The maximum atomic E-state index is 11.7. The highest BCUT2D eigenvalue weighted by Gasteiger charge is 2.17. The van der Waals surface area contributed by atoms with Crippen LogP contribution in [0.1, 0.15) is 25.3 Å². The fraction of sp³-hybridized carbons (Fsp3) is 0.429. The van der Waals surface area contributed by atoms with Crippen LogP contribution in [0.4, 0.5) is 0 Å². The number of hydrogen-bond donors (Lipinski definition) is 1. The molecule has 0 saturated heterocycles. The van der Waals surface area contributed by atoms with Gasteiger partial charge < -0.3 is 5.32 Å². The monoisotopic (exact) mass is 230 g/mol. The predicted octanol–water partition coefficient (Wildman–Crippen LogP) is 2.29. The Hall–Kier alpha value is -1.82. The zero-order chi connectivity index (χ0) is 12.5. The van der Waals surface area contributed by atoms with E-state index in [-0.39, 0.29) is 5.91 Å². The Bertz CT molecular complexity index is 381. The van der Waals surface area contributed by atoms with E-state index in [0.717, 1.165) is 18.4 Å². The molecule has 3 heteroatoms. The molecule has 1 aromatic carbocycles. The minimum absolute atomic E-state index is 0.162. The van der Waals surface area contributed by atoms with Crippen molar-refractivity contribution in [3.8, 4) is 6.07 Å². The topological polar surface area (TPSA) is 52.9 Å². The van der Waals surface area contributed by atoms with E-state index in [4.69, 9.17) is 5.26 Å². The van der Waals surface area contributed by atoms with Crippen molar-refractivity contribution >= 4 is 5.91 Å². The molecule has 0 spiro atoms.